The minimum absolute atomic E-state index is 0.431. The number of carboxylic acids is 1. The number of nitrogens with one attached hydrogen (secondary N) is 1. The Bertz CT molecular complexity index is 416. The van der Waals surface area contributed by atoms with Crippen LogP contribution in [0.3, 0.4) is 0 Å². The second-order valence-electron chi connectivity index (χ2n) is 4.00. The van der Waals surface area contributed by atoms with Crippen LogP contribution in [0.4, 0.5) is 10.7 Å². The zero-order valence-corrected chi connectivity index (χ0v) is 9.01. The minimum atomic E-state index is -0.827. The number of carbonyl (C=O) groups is 1. The molecule has 2 N–H and O–H groups in total. The third kappa shape index (κ3) is 1.30. The first kappa shape index (κ1) is 9.03. The third-order valence-electron chi connectivity index (χ3n) is 3.09. The predicted molar refractivity (Wildman–Crippen MR) is 60.1 cm³/mol. The van der Waals surface area contributed by atoms with Gasteiger partial charge in [0.05, 0.1) is 5.69 Å². The van der Waals surface area contributed by atoms with Crippen molar-refractivity contribution in [3.8, 4) is 0 Å². The Kier molecular flexibility index (Phi) is 1.88. The summed E-state index contributed by atoms with van der Waals surface area (Å²) in [7, 11) is 0. The van der Waals surface area contributed by atoms with Crippen molar-refractivity contribution in [1.82, 2.24) is 0 Å². The lowest BCUT2D eigenvalue weighted by atomic mass is 10.2. The van der Waals surface area contributed by atoms with E-state index in [1.807, 2.05) is 0 Å². The summed E-state index contributed by atoms with van der Waals surface area (Å²) in [6.45, 7) is 2.02. The maximum Gasteiger partial charge on any atom is 0.346 e. The fourth-order valence-corrected chi connectivity index (χ4v) is 3.44. The molecule has 80 valence electrons. The normalized spacial score (nSPS) is 23.2. The molecule has 5 heteroatoms. The minimum Gasteiger partial charge on any atom is -0.477 e. The van der Waals surface area contributed by atoms with Crippen LogP contribution in [0.2, 0.25) is 0 Å². The first-order valence-corrected chi connectivity index (χ1v) is 5.95. The molecule has 1 aromatic heterocycles. The standard InChI is InChI=1S/C10H12N2O2S/c13-10(14)8-4-7-9(15-8)12-3-1-2-6(12)5-11-7/h4,6,11H,1-3,5H2,(H,13,14)/t6-/m0/s1. The molecule has 1 saturated heterocycles. The van der Waals surface area contributed by atoms with Gasteiger partial charge in [-0.15, -0.1) is 11.3 Å². The zero-order valence-electron chi connectivity index (χ0n) is 8.19. The number of hydrogen-bond donors (Lipinski definition) is 2. The maximum atomic E-state index is 10.9. The SMILES string of the molecule is O=C(O)c1cc2c(s1)N1CCC[C@H]1CN2. The van der Waals surface area contributed by atoms with Gasteiger partial charge in [-0.1, -0.05) is 0 Å². The molecule has 1 aromatic rings. The Balaban J connectivity index is 2.02. The van der Waals surface area contributed by atoms with Gasteiger partial charge < -0.3 is 15.3 Å². The van der Waals surface area contributed by atoms with Crippen molar-refractivity contribution in [2.45, 2.75) is 18.9 Å². The van der Waals surface area contributed by atoms with Gasteiger partial charge in [-0.2, -0.15) is 0 Å². The number of hydrogen-bond acceptors (Lipinski definition) is 4. The Labute approximate surface area is 91.5 Å². The summed E-state index contributed by atoms with van der Waals surface area (Å²) in [5.41, 5.74) is 0.996. The van der Waals surface area contributed by atoms with E-state index in [9.17, 15) is 4.79 Å². The van der Waals surface area contributed by atoms with E-state index >= 15 is 0 Å². The molecule has 3 rings (SSSR count). The smallest absolute Gasteiger partial charge is 0.346 e. The van der Waals surface area contributed by atoms with E-state index in [1.165, 1.54) is 24.2 Å². The van der Waals surface area contributed by atoms with Crippen LogP contribution in [0.25, 0.3) is 0 Å². The fourth-order valence-electron chi connectivity index (χ4n) is 2.37. The monoisotopic (exact) mass is 224 g/mol. The lowest BCUT2D eigenvalue weighted by Gasteiger charge is -2.31. The molecular weight excluding hydrogens is 212 g/mol. The van der Waals surface area contributed by atoms with Gasteiger partial charge in [-0.3, -0.25) is 0 Å². The van der Waals surface area contributed by atoms with Gasteiger partial charge in [0.25, 0.3) is 0 Å². The molecule has 0 spiro atoms. The molecule has 15 heavy (non-hydrogen) atoms. The molecule has 2 aliphatic heterocycles. The van der Waals surface area contributed by atoms with Gasteiger partial charge in [0.1, 0.15) is 9.88 Å². The Hall–Kier alpha value is -1.23. The Morgan fingerprint density at radius 1 is 1.67 bits per heavy atom. The van der Waals surface area contributed by atoms with E-state index in [1.54, 1.807) is 6.07 Å². The highest BCUT2D eigenvalue weighted by Crippen LogP contribution is 2.42. The lowest BCUT2D eigenvalue weighted by Crippen LogP contribution is -2.38. The van der Waals surface area contributed by atoms with Crippen molar-refractivity contribution >= 4 is 28.0 Å². The van der Waals surface area contributed by atoms with Crippen molar-refractivity contribution in [1.29, 1.82) is 0 Å². The van der Waals surface area contributed by atoms with E-state index in [-0.39, 0.29) is 0 Å². The molecule has 1 atom stereocenters. The highest BCUT2D eigenvalue weighted by Gasteiger charge is 2.32. The number of aromatic carboxylic acids is 1. The molecule has 0 aromatic carbocycles. The van der Waals surface area contributed by atoms with E-state index in [0.717, 1.165) is 23.8 Å². The lowest BCUT2D eigenvalue weighted by molar-refractivity contribution is 0.0702. The van der Waals surface area contributed by atoms with Crippen LogP contribution in [-0.2, 0) is 0 Å². The van der Waals surface area contributed by atoms with Gasteiger partial charge in [-0.05, 0) is 18.9 Å². The maximum absolute atomic E-state index is 10.9. The van der Waals surface area contributed by atoms with E-state index in [2.05, 4.69) is 10.2 Å². The molecular formula is C10H12N2O2S. The summed E-state index contributed by atoms with van der Waals surface area (Å²) in [6, 6.07) is 2.31. The summed E-state index contributed by atoms with van der Waals surface area (Å²) in [4.78, 5) is 13.7. The summed E-state index contributed by atoms with van der Waals surface area (Å²) < 4.78 is 0. The van der Waals surface area contributed by atoms with E-state index in [4.69, 9.17) is 5.11 Å². The number of anilines is 2. The van der Waals surface area contributed by atoms with Crippen molar-refractivity contribution in [3.05, 3.63) is 10.9 Å². The van der Waals surface area contributed by atoms with Gasteiger partial charge in [0, 0.05) is 19.1 Å². The van der Waals surface area contributed by atoms with Gasteiger partial charge in [0.2, 0.25) is 0 Å². The molecule has 0 aliphatic carbocycles. The number of fused-ring (bicyclic) bond motifs is 3. The third-order valence-corrected chi connectivity index (χ3v) is 4.25. The Morgan fingerprint density at radius 3 is 3.33 bits per heavy atom. The molecule has 1 fully saturated rings. The molecule has 0 amide bonds. The largest absolute Gasteiger partial charge is 0.477 e. The predicted octanol–water partition coefficient (Wildman–Crippen LogP) is 1.84. The van der Waals surface area contributed by atoms with E-state index < -0.39 is 5.97 Å². The van der Waals surface area contributed by atoms with Gasteiger partial charge >= 0.3 is 5.97 Å². The number of carboxylic acid groups (broad SMARTS) is 1. The molecule has 2 aliphatic rings. The van der Waals surface area contributed by atoms with Crippen LogP contribution >= 0.6 is 11.3 Å². The average molecular weight is 224 g/mol. The topological polar surface area (TPSA) is 52.6 Å². The van der Waals surface area contributed by atoms with Crippen molar-refractivity contribution in [2.24, 2.45) is 0 Å². The van der Waals surface area contributed by atoms with E-state index in [0.29, 0.717) is 10.9 Å². The van der Waals surface area contributed by atoms with Crippen LogP contribution in [0.15, 0.2) is 6.07 Å². The second kappa shape index (κ2) is 3.13. The van der Waals surface area contributed by atoms with Gasteiger partial charge in [-0.25, -0.2) is 4.79 Å². The van der Waals surface area contributed by atoms with Crippen molar-refractivity contribution in [3.63, 3.8) is 0 Å². The number of nitrogens with zero attached hydrogens (tertiary/aromatic N) is 1. The highest BCUT2D eigenvalue weighted by atomic mass is 32.1. The second-order valence-corrected chi connectivity index (χ2v) is 5.04. The van der Waals surface area contributed by atoms with Crippen LogP contribution in [0.5, 0.6) is 0 Å². The van der Waals surface area contributed by atoms with Crippen LogP contribution < -0.4 is 10.2 Å². The van der Waals surface area contributed by atoms with Crippen LogP contribution in [0.1, 0.15) is 22.5 Å². The highest BCUT2D eigenvalue weighted by molar-refractivity contribution is 7.18. The number of rotatable bonds is 1. The summed E-state index contributed by atoms with van der Waals surface area (Å²) >= 11 is 1.38. The fraction of sp³-hybridized carbons (Fsp3) is 0.500. The average Bonchev–Trinajstić information content (AvgIpc) is 2.82. The molecule has 3 heterocycles. The first-order chi connectivity index (χ1) is 7.25. The zero-order chi connectivity index (χ0) is 10.4. The van der Waals surface area contributed by atoms with Crippen molar-refractivity contribution < 1.29 is 9.90 Å². The quantitative estimate of drug-likeness (QED) is 0.764. The molecule has 0 unspecified atom stereocenters. The van der Waals surface area contributed by atoms with Gasteiger partial charge in [0.15, 0.2) is 0 Å². The number of thiophene rings is 1. The Morgan fingerprint density at radius 2 is 2.53 bits per heavy atom. The summed E-state index contributed by atoms with van der Waals surface area (Å²) in [6.07, 6.45) is 2.43. The first-order valence-electron chi connectivity index (χ1n) is 5.13. The van der Waals surface area contributed by atoms with Crippen LogP contribution in [0, 0.1) is 0 Å². The summed E-state index contributed by atoms with van der Waals surface area (Å²) in [5, 5.41) is 13.4. The summed E-state index contributed by atoms with van der Waals surface area (Å²) in [5.74, 6) is -0.827. The van der Waals surface area contributed by atoms with Crippen molar-refractivity contribution in [2.75, 3.05) is 23.3 Å². The molecule has 0 radical (unpaired) electrons. The molecule has 0 bridgehead atoms. The van der Waals surface area contributed by atoms with Crippen LogP contribution in [-0.4, -0.2) is 30.2 Å². The molecule has 0 saturated carbocycles. The molecule has 4 nitrogen and oxygen atoms in total.